The molecule has 2 bridgehead atoms. The van der Waals surface area contributed by atoms with Crippen LogP contribution in [0.4, 0.5) is 5.82 Å². The predicted octanol–water partition coefficient (Wildman–Crippen LogP) is 5.26. The molecule has 3 aromatic heterocycles. The minimum Gasteiger partial charge on any atom is -0.494 e. The van der Waals surface area contributed by atoms with Crippen molar-refractivity contribution in [2.75, 3.05) is 31.6 Å². The summed E-state index contributed by atoms with van der Waals surface area (Å²) in [7, 11) is 1.70. The molecule has 9 rings (SSSR count). The highest BCUT2D eigenvalue weighted by molar-refractivity contribution is 6.00. The van der Waals surface area contributed by atoms with Crippen molar-refractivity contribution in [2.45, 2.75) is 64.2 Å². The minimum absolute atomic E-state index is 0.0263. The third kappa shape index (κ3) is 4.87. The van der Waals surface area contributed by atoms with Crippen LogP contribution in [0.5, 0.6) is 5.75 Å². The number of nitrogens with two attached hydrogens (primary N) is 1. The molecule has 2 aliphatic carbocycles. The largest absolute Gasteiger partial charge is 0.494 e. The van der Waals surface area contributed by atoms with Gasteiger partial charge in [-0.05, 0) is 87.1 Å². The molecule has 4 atom stereocenters. The molecule has 4 fully saturated rings. The van der Waals surface area contributed by atoms with Gasteiger partial charge in [-0.2, -0.15) is 0 Å². The van der Waals surface area contributed by atoms with E-state index in [0.29, 0.717) is 29.1 Å². The van der Waals surface area contributed by atoms with Gasteiger partial charge < -0.3 is 29.4 Å². The molecular weight excluding hydrogens is 588 g/mol. The highest BCUT2D eigenvalue weighted by Crippen LogP contribution is 2.41. The zero-order valence-electron chi connectivity index (χ0n) is 27.2. The van der Waals surface area contributed by atoms with Gasteiger partial charge >= 0.3 is 0 Å². The molecule has 0 radical (unpaired) electrons. The second-order valence-electron chi connectivity index (χ2n) is 14.2. The number of anilines is 1. The number of carbonyl (C=O) groups excluding carboxylic acids is 1. The van der Waals surface area contributed by atoms with E-state index in [2.05, 4.69) is 49.3 Å². The van der Waals surface area contributed by atoms with Crippen LogP contribution >= 0.6 is 0 Å². The highest BCUT2D eigenvalue weighted by atomic mass is 16.5. The second-order valence-corrected chi connectivity index (χ2v) is 14.2. The van der Waals surface area contributed by atoms with Crippen molar-refractivity contribution in [1.29, 1.82) is 0 Å². The Kier molecular flexibility index (Phi) is 6.78. The van der Waals surface area contributed by atoms with Gasteiger partial charge in [0.15, 0.2) is 5.82 Å². The summed E-state index contributed by atoms with van der Waals surface area (Å²) in [6, 6.07) is 17.0. The molecule has 2 aromatic carbocycles. The number of likely N-dealkylation sites (tertiary alicyclic amines) is 1. The SMILES string of the molecule is COc1cc(C(=O)N2CC3CCC2[C@@H]3N)cc2nc(-c3cc4ccccc4n3CC3CC3)n(C[C@H]3CCN(c4ccnc(C)n4)C3)c12. The van der Waals surface area contributed by atoms with Crippen LogP contribution in [0, 0.1) is 24.7 Å². The number of piperidine rings is 1. The molecular formula is C37H42N8O2. The fraction of sp³-hybridized carbons (Fsp3) is 0.459. The quantitative estimate of drug-likeness (QED) is 0.249. The van der Waals surface area contributed by atoms with Gasteiger partial charge in [-0.25, -0.2) is 15.0 Å². The maximum Gasteiger partial charge on any atom is 0.254 e. The van der Waals surface area contributed by atoms with Crippen molar-refractivity contribution >= 4 is 33.7 Å². The first kappa shape index (κ1) is 28.8. The van der Waals surface area contributed by atoms with Gasteiger partial charge in [0.2, 0.25) is 0 Å². The van der Waals surface area contributed by atoms with Crippen molar-refractivity contribution in [3.63, 3.8) is 0 Å². The van der Waals surface area contributed by atoms with Crippen LogP contribution < -0.4 is 15.4 Å². The summed E-state index contributed by atoms with van der Waals surface area (Å²) in [4.78, 5) is 32.7. The van der Waals surface area contributed by atoms with Crippen LogP contribution in [0.2, 0.25) is 0 Å². The van der Waals surface area contributed by atoms with E-state index in [1.54, 1.807) is 7.11 Å². The maximum atomic E-state index is 14.0. The summed E-state index contributed by atoms with van der Waals surface area (Å²) in [6.45, 7) is 6.28. The number of amides is 1. The number of hydrogen-bond donors (Lipinski definition) is 1. The van der Waals surface area contributed by atoms with Crippen LogP contribution in [-0.4, -0.2) is 73.7 Å². The molecule has 5 heterocycles. The zero-order valence-corrected chi connectivity index (χ0v) is 27.2. The predicted molar refractivity (Wildman–Crippen MR) is 183 cm³/mol. The number of hydrogen-bond acceptors (Lipinski definition) is 7. The first-order valence-electron chi connectivity index (χ1n) is 17.2. The molecule has 10 heteroatoms. The van der Waals surface area contributed by atoms with Crippen LogP contribution in [-0.2, 0) is 13.1 Å². The maximum absolute atomic E-state index is 14.0. The molecule has 5 aromatic rings. The summed E-state index contributed by atoms with van der Waals surface area (Å²) in [6.07, 6.45) is 7.51. The first-order valence-corrected chi connectivity index (χ1v) is 17.2. The number of methoxy groups -OCH3 is 1. The summed E-state index contributed by atoms with van der Waals surface area (Å²) < 4.78 is 10.9. The average molecular weight is 631 g/mol. The molecule has 2 saturated carbocycles. The van der Waals surface area contributed by atoms with Crippen LogP contribution in [0.15, 0.2) is 54.7 Å². The van der Waals surface area contributed by atoms with Gasteiger partial charge in [0.05, 0.1) is 18.3 Å². The number of imidazole rings is 1. The molecule has 2 saturated heterocycles. The fourth-order valence-corrected chi connectivity index (χ4v) is 8.55. The topological polar surface area (TPSA) is 107 Å². The number of rotatable bonds is 8. The summed E-state index contributed by atoms with van der Waals surface area (Å²) in [5.74, 6) is 4.89. The number of benzene rings is 2. The van der Waals surface area contributed by atoms with Crippen LogP contribution in [0.1, 0.15) is 48.3 Å². The van der Waals surface area contributed by atoms with Crippen molar-refractivity contribution < 1.29 is 9.53 Å². The van der Waals surface area contributed by atoms with E-state index in [9.17, 15) is 4.79 Å². The first-order chi connectivity index (χ1) is 22.9. The van der Waals surface area contributed by atoms with Gasteiger partial charge in [0, 0.05) is 67.5 Å². The van der Waals surface area contributed by atoms with Crippen LogP contribution in [0.3, 0.4) is 0 Å². The molecule has 2 N–H and O–H groups in total. The zero-order chi connectivity index (χ0) is 31.8. The standard InChI is InChI=1S/C37H42N8O2/c1-22-39-13-11-33(40-22)42-14-12-24(18-42)20-45-35-28(15-27(17-32(35)47-2)37(46)44-21-26-9-10-30(44)34(26)38)41-36(45)31-16-25-5-3-4-6-29(25)43(31)19-23-7-8-23/h3-6,11,13,15-17,23-24,26,30,34H,7-10,12,14,18-21,38H2,1-2H3/t24-,26?,30?,34+/m0/s1. The smallest absolute Gasteiger partial charge is 0.254 e. The number of para-hydroxylation sites is 1. The van der Waals surface area contributed by atoms with Crippen molar-refractivity contribution in [3.8, 4) is 17.3 Å². The molecule has 1 amide bonds. The molecule has 10 nitrogen and oxygen atoms in total. The van der Waals surface area contributed by atoms with E-state index in [0.717, 1.165) is 86.2 Å². The number of aryl methyl sites for hydroxylation is 1. The monoisotopic (exact) mass is 630 g/mol. The Morgan fingerprint density at radius 1 is 0.957 bits per heavy atom. The van der Waals surface area contributed by atoms with E-state index < -0.39 is 0 Å². The normalized spacial score (nSPS) is 23.9. The molecule has 47 heavy (non-hydrogen) atoms. The lowest BCUT2D eigenvalue weighted by Gasteiger charge is -2.27. The molecule has 2 unspecified atom stereocenters. The van der Waals surface area contributed by atoms with E-state index in [1.165, 1.54) is 23.7 Å². The highest BCUT2D eigenvalue weighted by Gasteiger charge is 2.47. The van der Waals surface area contributed by atoms with Gasteiger partial charge in [0.1, 0.15) is 22.9 Å². The fourth-order valence-electron chi connectivity index (χ4n) is 8.55. The number of carbonyl (C=O) groups is 1. The molecule has 4 aliphatic rings. The van der Waals surface area contributed by atoms with E-state index in [1.807, 2.05) is 36.2 Å². The summed E-state index contributed by atoms with van der Waals surface area (Å²) in [5.41, 5.74) is 11.2. The lowest BCUT2D eigenvalue weighted by atomic mass is 10.1. The molecule has 2 aliphatic heterocycles. The summed E-state index contributed by atoms with van der Waals surface area (Å²) in [5, 5.41) is 1.22. The number of fused-ring (bicyclic) bond motifs is 4. The summed E-state index contributed by atoms with van der Waals surface area (Å²) >= 11 is 0. The Hall–Kier alpha value is -4.44. The average Bonchev–Trinajstić information content (AvgIpc) is 3.39. The Labute approximate surface area is 274 Å². The van der Waals surface area contributed by atoms with Gasteiger partial charge in [-0.3, -0.25) is 4.79 Å². The van der Waals surface area contributed by atoms with Gasteiger partial charge in [-0.1, -0.05) is 18.2 Å². The van der Waals surface area contributed by atoms with E-state index in [4.69, 9.17) is 20.4 Å². The van der Waals surface area contributed by atoms with Crippen LogP contribution in [0.25, 0.3) is 33.5 Å². The Morgan fingerprint density at radius 3 is 2.57 bits per heavy atom. The van der Waals surface area contributed by atoms with Crippen molar-refractivity contribution in [1.82, 2.24) is 29.0 Å². The van der Waals surface area contributed by atoms with E-state index >= 15 is 0 Å². The van der Waals surface area contributed by atoms with Gasteiger partial charge in [-0.15, -0.1) is 0 Å². The van der Waals surface area contributed by atoms with E-state index in [-0.39, 0.29) is 18.0 Å². The third-order valence-corrected chi connectivity index (χ3v) is 11.2. The molecule has 0 spiro atoms. The number of aromatic nitrogens is 5. The Morgan fingerprint density at radius 2 is 1.81 bits per heavy atom. The van der Waals surface area contributed by atoms with Crippen molar-refractivity contribution in [3.05, 3.63) is 66.1 Å². The lowest BCUT2D eigenvalue weighted by Crippen LogP contribution is -2.41. The number of nitrogens with zero attached hydrogens (tertiary/aromatic N) is 7. The number of ether oxygens (including phenoxy) is 1. The minimum atomic E-state index is 0.0263. The van der Waals surface area contributed by atoms with Crippen molar-refractivity contribution in [2.24, 2.45) is 23.5 Å². The third-order valence-electron chi connectivity index (χ3n) is 11.2. The Balaban J connectivity index is 1.15. The Bertz CT molecular complexity index is 2010. The lowest BCUT2D eigenvalue weighted by molar-refractivity contribution is 0.0700. The second kappa shape index (κ2) is 11.1. The van der Waals surface area contributed by atoms with Gasteiger partial charge in [0.25, 0.3) is 5.91 Å². The molecule has 242 valence electrons.